The topological polar surface area (TPSA) is 29.9 Å². The molecule has 1 heterocycles. The van der Waals surface area contributed by atoms with Crippen LogP contribution in [0.25, 0.3) is 0 Å². The average molecular weight is 390 g/mol. The third-order valence-electron chi connectivity index (χ3n) is 3.28. The molecular weight excluding hydrogens is 373 g/mol. The third kappa shape index (κ3) is 3.30. The normalized spacial score (nSPS) is 12.7. The number of benzene rings is 1. The predicted octanol–water partition coefficient (Wildman–Crippen LogP) is 3.49. The van der Waals surface area contributed by atoms with Crippen LogP contribution in [0.3, 0.4) is 0 Å². The molecule has 0 bridgehead atoms. The lowest BCUT2D eigenvalue weighted by atomic mass is 10.0. The van der Waals surface area contributed by atoms with E-state index >= 15 is 0 Å². The standard InChI is InChI=1S/C14H17ClIN3/c1-9-14(15)13(19(3)18-9)8-12(17-2)10-4-6-11(16)7-5-10/h4-7,12,17H,8H2,1-3H3. The Labute approximate surface area is 132 Å². The number of rotatable bonds is 4. The van der Waals surface area contributed by atoms with Gasteiger partial charge in [0.15, 0.2) is 0 Å². The third-order valence-corrected chi connectivity index (χ3v) is 4.49. The Kier molecular flexibility index (Phi) is 4.86. The van der Waals surface area contributed by atoms with Crippen LogP contribution in [0.15, 0.2) is 24.3 Å². The van der Waals surface area contributed by atoms with Gasteiger partial charge >= 0.3 is 0 Å². The summed E-state index contributed by atoms with van der Waals surface area (Å²) >= 11 is 8.63. The quantitative estimate of drug-likeness (QED) is 0.811. The molecule has 0 spiro atoms. The van der Waals surface area contributed by atoms with Crippen LogP contribution in [0, 0.1) is 10.5 Å². The minimum absolute atomic E-state index is 0.240. The van der Waals surface area contributed by atoms with E-state index in [9.17, 15) is 0 Å². The van der Waals surface area contributed by atoms with Crippen LogP contribution >= 0.6 is 34.2 Å². The van der Waals surface area contributed by atoms with Crippen LogP contribution in [0.5, 0.6) is 0 Å². The van der Waals surface area contributed by atoms with Gasteiger partial charge in [-0.3, -0.25) is 4.68 Å². The Morgan fingerprint density at radius 1 is 1.37 bits per heavy atom. The van der Waals surface area contributed by atoms with Crippen LogP contribution in [0.2, 0.25) is 5.02 Å². The van der Waals surface area contributed by atoms with Gasteiger partial charge in [0.1, 0.15) is 0 Å². The van der Waals surface area contributed by atoms with E-state index in [0.717, 1.165) is 22.8 Å². The van der Waals surface area contributed by atoms with Gasteiger partial charge in [0.2, 0.25) is 0 Å². The molecule has 0 fully saturated rings. The first kappa shape index (κ1) is 14.8. The number of hydrogen-bond donors (Lipinski definition) is 1. The van der Waals surface area contributed by atoms with Crippen LogP contribution in [-0.4, -0.2) is 16.8 Å². The summed E-state index contributed by atoms with van der Waals surface area (Å²) in [5.41, 5.74) is 3.21. The number of nitrogens with one attached hydrogen (secondary N) is 1. The monoisotopic (exact) mass is 389 g/mol. The van der Waals surface area contributed by atoms with E-state index in [1.165, 1.54) is 9.13 Å². The first-order chi connectivity index (χ1) is 9.02. The lowest BCUT2D eigenvalue weighted by Crippen LogP contribution is -2.20. The summed E-state index contributed by atoms with van der Waals surface area (Å²) < 4.78 is 3.11. The van der Waals surface area contributed by atoms with Gasteiger partial charge < -0.3 is 5.32 Å². The number of aromatic nitrogens is 2. The molecule has 3 nitrogen and oxygen atoms in total. The molecule has 5 heteroatoms. The van der Waals surface area contributed by atoms with E-state index in [1.807, 2.05) is 25.7 Å². The molecule has 0 aliphatic rings. The molecule has 102 valence electrons. The molecular formula is C14H17ClIN3. The molecule has 1 aromatic heterocycles. The predicted molar refractivity (Wildman–Crippen MR) is 87.6 cm³/mol. The Bertz CT molecular complexity index is 563. The van der Waals surface area contributed by atoms with Gasteiger partial charge in [-0.15, -0.1) is 0 Å². The van der Waals surface area contributed by atoms with Crippen molar-refractivity contribution in [1.29, 1.82) is 0 Å². The van der Waals surface area contributed by atoms with Crippen molar-refractivity contribution in [3.63, 3.8) is 0 Å². The van der Waals surface area contributed by atoms with Crippen molar-refractivity contribution < 1.29 is 0 Å². The Morgan fingerprint density at radius 2 is 2.00 bits per heavy atom. The summed E-state index contributed by atoms with van der Waals surface area (Å²) in [7, 11) is 3.91. The summed E-state index contributed by atoms with van der Waals surface area (Å²) in [4.78, 5) is 0. The largest absolute Gasteiger partial charge is 0.313 e. The molecule has 0 radical (unpaired) electrons. The maximum absolute atomic E-state index is 6.32. The van der Waals surface area contributed by atoms with Gasteiger partial charge in [-0.05, 0) is 54.3 Å². The fourth-order valence-electron chi connectivity index (χ4n) is 2.18. The fraction of sp³-hybridized carbons (Fsp3) is 0.357. The minimum atomic E-state index is 0.240. The highest BCUT2D eigenvalue weighted by atomic mass is 127. The van der Waals surface area contributed by atoms with E-state index < -0.39 is 0 Å². The molecule has 0 aliphatic heterocycles. The summed E-state index contributed by atoms with van der Waals surface area (Å²) in [5.74, 6) is 0. The van der Waals surface area contributed by atoms with Gasteiger partial charge in [-0.2, -0.15) is 5.10 Å². The highest BCUT2D eigenvalue weighted by Gasteiger charge is 2.17. The van der Waals surface area contributed by atoms with Gasteiger partial charge in [-0.25, -0.2) is 0 Å². The van der Waals surface area contributed by atoms with E-state index in [0.29, 0.717) is 0 Å². The van der Waals surface area contributed by atoms with E-state index in [1.54, 1.807) is 0 Å². The maximum atomic E-state index is 6.32. The van der Waals surface area contributed by atoms with Crippen LogP contribution < -0.4 is 5.32 Å². The Balaban J connectivity index is 2.26. The molecule has 1 unspecified atom stereocenters. The summed E-state index contributed by atoms with van der Waals surface area (Å²) in [6.07, 6.45) is 0.827. The first-order valence-corrected chi connectivity index (χ1v) is 7.59. The van der Waals surface area contributed by atoms with E-state index in [-0.39, 0.29) is 6.04 Å². The summed E-state index contributed by atoms with van der Waals surface area (Å²) in [6, 6.07) is 8.79. The molecule has 19 heavy (non-hydrogen) atoms. The minimum Gasteiger partial charge on any atom is -0.313 e. The van der Waals surface area contributed by atoms with Gasteiger partial charge in [0, 0.05) is 23.1 Å². The number of aryl methyl sites for hydroxylation is 2. The SMILES string of the molecule is CNC(Cc1c(Cl)c(C)nn1C)c1ccc(I)cc1. The number of hydrogen-bond acceptors (Lipinski definition) is 2. The van der Waals surface area contributed by atoms with E-state index in [2.05, 4.69) is 57.3 Å². The van der Waals surface area contributed by atoms with Crippen LogP contribution in [0.1, 0.15) is 23.0 Å². The lowest BCUT2D eigenvalue weighted by Gasteiger charge is -2.17. The Morgan fingerprint density at radius 3 is 2.47 bits per heavy atom. The van der Waals surface area contributed by atoms with Gasteiger partial charge in [0.25, 0.3) is 0 Å². The molecule has 1 aromatic carbocycles. The number of halogens is 2. The van der Waals surface area contributed by atoms with Gasteiger partial charge in [-0.1, -0.05) is 23.7 Å². The molecule has 0 amide bonds. The molecule has 0 saturated carbocycles. The zero-order valence-electron chi connectivity index (χ0n) is 11.2. The molecule has 2 rings (SSSR count). The smallest absolute Gasteiger partial charge is 0.0847 e. The average Bonchev–Trinajstić information content (AvgIpc) is 2.63. The first-order valence-electron chi connectivity index (χ1n) is 6.13. The lowest BCUT2D eigenvalue weighted by molar-refractivity contribution is 0.561. The van der Waals surface area contributed by atoms with Gasteiger partial charge in [0.05, 0.1) is 16.4 Å². The van der Waals surface area contributed by atoms with Crippen LogP contribution in [-0.2, 0) is 13.5 Å². The van der Waals surface area contributed by atoms with Crippen molar-refractivity contribution >= 4 is 34.2 Å². The second kappa shape index (κ2) is 6.24. The van der Waals surface area contributed by atoms with Crippen molar-refractivity contribution in [2.45, 2.75) is 19.4 Å². The molecule has 0 saturated heterocycles. The molecule has 1 atom stereocenters. The second-order valence-corrected chi connectivity index (χ2v) is 6.19. The van der Waals surface area contributed by atoms with Crippen molar-refractivity contribution in [1.82, 2.24) is 15.1 Å². The number of likely N-dealkylation sites (N-methyl/N-ethyl adjacent to an activating group) is 1. The summed E-state index contributed by atoms with van der Waals surface area (Å²) in [5, 5.41) is 8.48. The molecule has 1 N–H and O–H groups in total. The zero-order valence-corrected chi connectivity index (χ0v) is 14.2. The molecule has 0 aliphatic carbocycles. The van der Waals surface area contributed by atoms with Crippen molar-refractivity contribution in [3.8, 4) is 0 Å². The van der Waals surface area contributed by atoms with Crippen molar-refractivity contribution in [2.24, 2.45) is 7.05 Å². The number of nitrogens with zero attached hydrogens (tertiary/aromatic N) is 2. The second-order valence-electron chi connectivity index (χ2n) is 4.57. The molecule has 2 aromatic rings. The highest BCUT2D eigenvalue weighted by Crippen LogP contribution is 2.25. The zero-order chi connectivity index (χ0) is 14.0. The van der Waals surface area contributed by atoms with E-state index in [4.69, 9.17) is 11.6 Å². The maximum Gasteiger partial charge on any atom is 0.0847 e. The van der Waals surface area contributed by atoms with Crippen LogP contribution in [0.4, 0.5) is 0 Å². The van der Waals surface area contributed by atoms with Crippen molar-refractivity contribution in [2.75, 3.05) is 7.05 Å². The fourth-order valence-corrected chi connectivity index (χ4v) is 2.77. The Hall–Kier alpha value is -0.590. The van der Waals surface area contributed by atoms with Crippen molar-refractivity contribution in [3.05, 3.63) is 49.8 Å². The highest BCUT2D eigenvalue weighted by molar-refractivity contribution is 14.1. The summed E-state index contributed by atoms with van der Waals surface area (Å²) in [6.45, 7) is 1.94.